The Morgan fingerprint density at radius 2 is 2.20 bits per heavy atom. The molecular weight excluding hydrogens is 292 g/mol. The van der Waals surface area contributed by atoms with Crippen LogP contribution in [-0.4, -0.2) is 23.2 Å². The molecule has 0 spiro atoms. The fourth-order valence-electron chi connectivity index (χ4n) is 2.02. The lowest BCUT2D eigenvalue weighted by Crippen LogP contribution is -2.54. The van der Waals surface area contributed by atoms with Gasteiger partial charge in [0.15, 0.2) is 0 Å². The highest BCUT2D eigenvalue weighted by atomic mass is 35.5. The lowest BCUT2D eigenvalue weighted by Gasteiger charge is -2.27. The second kappa shape index (κ2) is 6.83. The lowest BCUT2D eigenvalue weighted by atomic mass is 9.98. The third-order valence-corrected chi connectivity index (χ3v) is 4.98. The summed E-state index contributed by atoms with van der Waals surface area (Å²) in [5, 5.41) is 4.16. The van der Waals surface area contributed by atoms with E-state index in [0.29, 0.717) is 6.04 Å². The maximum atomic E-state index is 11.6. The Bertz CT molecular complexity index is 479. The van der Waals surface area contributed by atoms with Gasteiger partial charge in [0, 0.05) is 16.8 Å². The van der Waals surface area contributed by atoms with Crippen LogP contribution in [-0.2, 0) is 10.5 Å². The zero-order chi connectivity index (χ0) is 14.6. The Morgan fingerprint density at radius 1 is 1.50 bits per heavy atom. The number of thioether (sulfide) groups is 1. The summed E-state index contributed by atoms with van der Waals surface area (Å²) in [6, 6.07) is 8.33. The van der Waals surface area contributed by atoms with Gasteiger partial charge in [0.05, 0.1) is 5.54 Å². The largest absolute Gasteiger partial charge is 0.368 e. The first-order valence-electron chi connectivity index (χ1n) is 6.90. The Kier molecular flexibility index (Phi) is 5.35. The highest BCUT2D eigenvalue weighted by molar-refractivity contribution is 7.98. The molecule has 0 radical (unpaired) electrons. The van der Waals surface area contributed by atoms with E-state index in [0.717, 1.165) is 41.4 Å². The van der Waals surface area contributed by atoms with Gasteiger partial charge in [0.25, 0.3) is 0 Å². The van der Waals surface area contributed by atoms with Crippen LogP contribution in [0.5, 0.6) is 0 Å². The zero-order valence-corrected chi connectivity index (χ0v) is 13.3. The number of hydrogen-bond acceptors (Lipinski definition) is 3. The van der Waals surface area contributed by atoms with E-state index in [9.17, 15) is 4.79 Å². The van der Waals surface area contributed by atoms with Crippen LogP contribution >= 0.6 is 23.4 Å². The van der Waals surface area contributed by atoms with Crippen molar-refractivity contribution in [2.24, 2.45) is 5.73 Å². The van der Waals surface area contributed by atoms with Crippen molar-refractivity contribution in [2.45, 2.75) is 43.5 Å². The van der Waals surface area contributed by atoms with Gasteiger partial charge in [-0.1, -0.05) is 29.8 Å². The fourth-order valence-corrected chi connectivity index (χ4v) is 3.47. The molecule has 0 saturated heterocycles. The van der Waals surface area contributed by atoms with Gasteiger partial charge in [-0.05, 0) is 43.6 Å². The van der Waals surface area contributed by atoms with E-state index in [1.165, 1.54) is 0 Å². The molecule has 1 amide bonds. The molecule has 0 heterocycles. The summed E-state index contributed by atoms with van der Waals surface area (Å²) in [5.74, 6) is 1.48. The van der Waals surface area contributed by atoms with Gasteiger partial charge in [0.2, 0.25) is 5.91 Å². The van der Waals surface area contributed by atoms with Crippen molar-refractivity contribution in [1.82, 2.24) is 5.32 Å². The summed E-state index contributed by atoms with van der Waals surface area (Å²) < 4.78 is 0. The van der Waals surface area contributed by atoms with Crippen LogP contribution in [0.2, 0.25) is 5.02 Å². The van der Waals surface area contributed by atoms with Crippen LogP contribution in [0.15, 0.2) is 24.3 Å². The molecule has 0 bridgehead atoms. The van der Waals surface area contributed by atoms with E-state index in [4.69, 9.17) is 17.3 Å². The van der Waals surface area contributed by atoms with Crippen LogP contribution in [0, 0.1) is 0 Å². The van der Waals surface area contributed by atoms with Gasteiger partial charge < -0.3 is 11.1 Å². The standard InChI is InChI=1S/C15H21ClN2OS/c1-15(14(17)19,18-12-6-7-12)8-9-20-10-11-4-2-3-5-13(11)16/h2-5,12,18H,6-10H2,1H3,(H2,17,19). The number of carbonyl (C=O) groups is 1. The molecule has 2 rings (SSSR count). The molecule has 1 aromatic rings. The molecule has 1 saturated carbocycles. The zero-order valence-electron chi connectivity index (χ0n) is 11.7. The summed E-state index contributed by atoms with van der Waals surface area (Å²) in [7, 11) is 0. The van der Waals surface area contributed by atoms with E-state index >= 15 is 0 Å². The molecule has 0 aliphatic heterocycles. The Labute approximate surface area is 129 Å². The number of nitrogens with two attached hydrogens (primary N) is 1. The van der Waals surface area contributed by atoms with Gasteiger partial charge in [-0.3, -0.25) is 4.79 Å². The molecule has 1 aliphatic rings. The molecule has 0 aromatic heterocycles. The Balaban J connectivity index is 1.78. The van der Waals surface area contributed by atoms with Crippen molar-refractivity contribution in [1.29, 1.82) is 0 Å². The third-order valence-electron chi connectivity index (χ3n) is 3.61. The number of rotatable bonds is 8. The Hall–Kier alpha value is -0.710. The summed E-state index contributed by atoms with van der Waals surface area (Å²) in [6.07, 6.45) is 3.04. The van der Waals surface area contributed by atoms with Crippen molar-refractivity contribution in [2.75, 3.05) is 5.75 Å². The molecule has 1 aromatic carbocycles. The van der Waals surface area contributed by atoms with Crippen molar-refractivity contribution < 1.29 is 4.79 Å². The normalized spacial score (nSPS) is 17.7. The van der Waals surface area contributed by atoms with Gasteiger partial charge in [-0.2, -0.15) is 11.8 Å². The number of primary amides is 1. The van der Waals surface area contributed by atoms with Gasteiger partial charge in [-0.25, -0.2) is 0 Å². The summed E-state index contributed by atoms with van der Waals surface area (Å²) in [4.78, 5) is 11.6. The maximum Gasteiger partial charge on any atom is 0.237 e. The van der Waals surface area contributed by atoms with Crippen LogP contribution in [0.25, 0.3) is 0 Å². The summed E-state index contributed by atoms with van der Waals surface area (Å²) >= 11 is 7.90. The van der Waals surface area contributed by atoms with Crippen LogP contribution in [0.4, 0.5) is 0 Å². The molecule has 1 aliphatic carbocycles. The van der Waals surface area contributed by atoms with E-state index in [1.54, 1.807) is 11.8 Å². The number of carbonyl (C=O) groups excluding carboxylic acids is 1. The number of amides is 1. The van der Waals surface area contributed by atoms with Crippen LogP contribution in [0.3, 0.4) is 0 Å². The minimum Gasteiger partial charge on any atom is -0.368 e. The monoisotopic (exact) mass is 312 g/mol. The Morgan fingerprint density at radius 3 is 2.80 bits per heavy atom. The first-order chi connectivity index (χ1) is 9.51. The minimum absolute atomic E-state index is 0.261. The summed E-state index contributed by atoms with van der Waals surface area (Å²) in [6.45, 7) is 1.91. The molecule has 3 nitrogen and oxygen atoms in total. The predicted octanol–water partition coefficient (Wildman–Crippen LogP) is 2.96. The minimum atomic E-state index is -0.589. The van der Waals surface area contributed by atoms with E-state index < -0.39 is 5.54 Å². The highest BCUT2D eigenvalue weighted by Gasteiger charge is 2.36. The molecule has 1 fully saturated rings. The topological polar surface area (TPSA) is 55.1 Å². The molecule has 20 heavy (non-hydrogen) atoms. The predicted molar refractivity (Wildman–Crippen MR) is 86.0 cm³/mol. The number of hydrogen-bond donors (Lipinski definition) is 2. The van der Waals surface area contributed by atoms with Crippen molar-refractivity contribution in [3.63, 3.8) is 0 Å². The van der Waals surface area contributed by atoms with Crippen molar-refractivity contribution >= 4 is 29.3 Å². The van der Waals surface area contributed by atoms with E-state index in [-0.39, 0.29) is 5.91 Å². The molecule has 3 N–H and O–H groups in total. The second-order valence-corrected chi connectivity index (χ2v) is 7.02. The quantitative estimate of drug-likeness (QED) is 0.726. The summed E-state index contributed by atoms with van der Waals surface area (Å²) in [5.41, 5.74) is 6.08. The maximum absolute atomic E-state index is 11.6. The average molecular weight is 313 g/mol. The van der Waals surface area contributed by atoms with E-state index in [1.807, 2.05) is 31.2 Å². The van der Waals surface area contributed by atoms with Gasteiger partial charge in [0.1, 0.15) is 0 Å². The molecule has 110 valence electrons. The molecule has 1 unspecified atom stereocenters. The van der Waals surface area contributed by atoms with Crippen LogP contribution in [0.1, 0.15) is 31.7 Å². The molecular formula is C15H21ClN2OS. The SMILES string of the molecule is CC(CCSCc1ccccc1Cl)(NC1CC1)C(N)=O. The third kappa shape index (κ3) is 4.40. The van der Waals surface area contributed by atoms with Crippen LogP contribution < -0.4 is 11.1 Å². The smallest absolute Gasteiger partial charge is 0.237 e. The average Bonchev–Trinajstić information content (AvgIpc) is 3.20. The first kappa shape index (κ1) is 15.7. The first-order valence-corrected chi connectivity index (χ1v) is 8.43. The van der Waals surface area contributed by atoms with E-state index in [2.05, 4.69) is 5.32 Å². The van der Waals surface area contributed by atoms with Crippen molar-refractivity contribution in [3.8, 4) is 0 Å². The molecule has 5 heteroatoms. The van der Waals surface area contributed by atoms with Crippen molar-refractivity contribution in [3.05, 3.63) is 34.9 Å². The fraction of sp³-hybridized carbons (Fsp3) is 0.533. The molecule has 1 atom stereocenters. The lowest BCUT2D eigenvalue weighted by molar-refractivity contribution is -0.124. The number of nitrogens with one attached hydrogen (secondary N) is 1. The van der Waals surface area contributed by atoms with Gasteiger partial charge in [-0.15, -0.1) is 0 Å². The van der Waals surface area contributed by atoms with Gasteiger partial charge >= 0.3 is 0 Å². The second-order valence-electron chi connectivity index (χ2n) is 5.51. The highest BCUT2D eigenvalue weighted by Crippen LogP contribution is 2.26. The number of halogens is 1. The number of benzene rings is 1.